The van der Waals surface area contributed by atoms with Crippen LogP contribution in [0.4, 0.5) is 0 Å². The van der Waals surface area contributed by atoms with Crippen molar-refractivity contribution in [3.63, 3.8) is 0 Å². The largest absolute Gasteiger partial charge is 0.497 e. The number of nitrogens with zero attached hydrogens (tertiary/aromatic N) is 1. The molecule has 0 saturated heterocycles. The highest BCUT2D eigenvalue weighted by molar-refractivity contribution is 7.89. The number of hydrogen-bond acceptors (Lipinski definition) is 4. The van der Waals surface area contributed by atoms with Crippen LogP contribution in [-0.4, -0.2) is 39.5 Å². The van der Waals surface area contributed by atoms with Gasteiger partial charge in [-0.2, -0.15) is 4.31 Å². The van der Waals surface area contributed by atoms with Crippen LogP contribution in [0.5, 0.6) is 5.75 Å². The second-order valence-corrected chi connectivity index (χ2v) is 7.08. The molecule has 0 spiro atoms. The SMILES string of the molecule is COc1ccc(S(=O)(=O)N(C)C2CCC2)c(CCN)c1. The van der Waals surface area contributed by atoms with Gasteiger partial charge in [-0.1, -0.05) is 6.42 Å². The lowest BCUT2D eigenvalue weighted by molar-refractivity contribution is 0.249. The maximum atomic E-state index is 12.7. The number of ether oxygens (including phenoxy) is 1. The number of hydrogen-bond donors (Lipinski definition) is 1. The van der Waals surface area contributed by atoms with Crippen molar-refractivity contribution in [2.45, 2.75) is 36.6 Å². The molecule has 1 aromatic carbocycles. The highest BCUT2D eigenvalue weighted by atomic mass is 32.2. The first-order valence-corrected chi connectivity index (χ1v) is 8.29. The zero-order valence-electron chi connectivity index (χ0n) is 12.0. The first-order valence-electron chi connectivity index (χ1n) is 6.85. The van der Waals surface area contributed by atoms with Crippen LogP contribution < -0.4 is 10.5 Å². The summed E-state index contributed by atoms with van der Waals surface area (Å²) in [5, 5.41) is 0. The van der Waals surface area contributed by atoms with Gasteiger partial charge in [0.25, 0.3) is 0 Å². The monoisotopic (exact) mass is 298 g/mol. The fraction of sp³-hybridized carbons (Fsp3) is 0.571. The first-order chi connectivity index (χ1) is 9.50. The van der Waals surface area contributed by atoms with Crippen LogP contribution in [-0.2, 0) is 16.4 Å². The topological polar surface area (TPSA) is 72.6 Å². The maximum Gasteiger partial charge on any atom is 0.243 e. The first kappa shape index (κ1) is 15.3. The minimum atomic E-state index is -3.45. The summed E-state index contributed by atoms with van der Waals surface area (Å²) in [4.78, 5) is 0.346. The van der Waals surface area contributed by atoms with E-state index in [2.05, 4.69) is 0 Å². The number of benzene rings is 1. The van der Waals surface area contributed by atoms with E-state index in [0.29, 0.717) is 23.6 Å². The van der Waals surface area contributed by atoms with E-state index in [4.69, 9.17) is 10.5 Å². The Morgan fingerprint density at radius 1 is 1.40 bits per heavy atom. The molecule has 112 valence electrons. The fourth-order valence-electron chi connectivity index (χ4n) is 2.39. The number of nitrogens with two attached hydrogens (primary N) is 1. The standard InChI is InChI=1S/C14H22N2O3S/c1-16(12-4-3-5-12)20(17,18)14-7-6-13(19-2)10-11(14)8-9-15/h6-7,10,12H,3-5,8-9,15H2,1-2H3. The van der Waals surface area contributed by atoms with E-state index in [1.54, 1.807) is 32.4 Å². The molecule has 2 rings (SSSR count). The molecule has 0 aromatic heterocycles. The van der Waals surface area contributed by atoms with Gasteiger partial charge in [0, 0.05) is 13.1 Å². The molecule has 1 fully saturated rings. The number of rotatable bonds is 6. The average Bonchev–Trinajstić information content (AvgIpc) is 2.36. The van der Waals surface area contributed by atoms with Gasteiger partial charge in [0.15, 0.2) is 0 Å². The lowest BCUT2D eigenvalue weighted by Crippen LogP contribution is -2.41. The summed E-state index contributed by atoms with van der Waals surface area (Å²) in [5.74, 6) is 0.652. The van der Waals surface area contributed by atoms with Crippen LogP contribution in [0.15, 0.2) is 23.1 Å². The number of sulfonamides is 1. The van der Waals surface area contributed by atoms with E-state index in [1.807, 2.05) is 0 Å². The molecule has 0 radical (unpaired) electrons. The summed E-state index contributed by atoms with van der Waals surface area (Å²) in [6.07, 6.45) is 3.50. The molecule has 2 N–H and O–H groups in total. The van der Waals surface area contributed by atoms with E-state index in [0.717, 1.165) is 24.8 Å². The van der Waals surface area contributed by atoms with Gasteiger partial charge in [0.2, 0.25) is 10.0 Å². The molecule has 0 atom stereocenters. The van der Waals surface area contributed by atoms with Crippen LogP contribution in [0.3, 0.4) is 0 Å². The molecule has 0 bridgehead atoms. The third-order valence-electron chi connectivity index (χ3n) is 3.93. The van der Waals surface area contributed by atoms with Gasteiger partial charge in [-0.05, 0) is 49.6 Å². The fourth-order valence-corrected chi connectivity index (χ4v) is 4.03. The Balaban J connectivity index is 2.39. The second-order valence-electron chi connectivity index (χ2n) is 5.12. The van der Waals surface area contributed by atoms with Crippen molar-refractivity contribution in [2.24, 2.45) is 5.73 Å². The van der Waals surface area contributed by atoms with Gasteiger partial charge < -0.3 is 10.5 Å². The highest BCUT2D eigenvalue weighted by Crippen LogP contribution is 2.31. The van der Waals surface area contributed by atoms with Crippen molar-refractivity contribution in [3.8, 4) is 5.75 Å². The van der Waals surface area contributed by atoms with Crippen LogP contribution >= 0.6 is 0 Å². The molecule has 0 amide bonds. The van der Waals surface area contributed by atoms with Crippen molar-refractivity contribution in [3.05, 3.63) is 23.8 Å². The molecule has 1 aliphatic rings. The summed E-state index contributed by atoms with van der Waals surface area (Å²) in [7, 11) is -0.227. The van der Waals surface area contributed by atoms with E-state index in [-0.39, 0.29) is 6.04 Å². The molecule has 0 aliphatic heterocycles. The Hall–Kier alpha value is -1.11. The third-order valence-corrected chi connectivity index (χ3v) is 5.94. The molecule has 0 heterocycles. The van der Waals surface area contributed by atoms with Gasteiger partial charge in [-0.3, -0.25) is 0 Å². The predicted octanol–water partition coefficient (Wildman–Crippen LogP) is 1.37. The zero-order valence-corrected chi connectivity index (χ0v) is 12.8. The molecule has 6 heteroatoms. The smallest absolute Gasteiger partial charge is 0.243 e. The lowest BCUT2D eigenvalue weighted by Gasteiger charge is -2.34. The van der Waals surface area contributed by atoms with Crippen LogP contribution in [0.1, 0.15) is 24.8 Å². The summed E-state index contributed by atoms with van der Waals surface area (Å²) in [6.45, 7) is 0.406. The third kappa shape index (κ3) is 2.82. The Morgan fingerprint density at radius 3 is 2.60 bits per heavy atom. The Labute approximate surface area is 120 Å². The number of methoxy groups -OCH3 is 1. The van der Waals surface area contributed by atoms with E-state index < -0.39 is 10.0 Å². The van der Waals surface area contributed by atoms with Gasteiger partial charge >= 0.3 is 0 Å². The summed E-state index contributed by atoms with van der Waals surface area (Å²) < 4.78 is 32.1. The molecule has 1 saturated carbocycles. The summed E-state index contributed by atoms with van der Waals surface area (Å²) in [6, 6.07) is 5.19. The quantitative estimate of drug-likeness (QED) is 0.861. The van der Waals surface area contributed by atoms with Crippen molar-refractivity contribution in [1.29, 1.82) is 0 Å². The van der Waals surface area contributed by atoms with Crippen molar-refractivity contribution in [2.75, 3.05) is 20.7 Å². The Bertz CT molecular complexity index is 568. The molecular formula is C14H22N2O3S. The van der Waals surface area contributed by atoms with Crippen molar-refractivity contribution < 1.29 is 13.2 Å². The van der Waals surface area contributed by atoms with Gasteiger partial charge in [0.1, 0.15) is 5.75 Å². The minimum absolute atomic E-state index is 0.132. The molecule has 5 nitrogen and oxygen atoms in total. The minimum Gasteiger partial charge on any atom is -0.497 e. The van der Waals surface area contributed by atoms with Gasteiger partial charge in [0.05, 0.1) is 12.0 Å². The summed E-state index contributed by atoms with van der Waals surface area (Å²) in [5.41, 5.74) is 6.31. The van der Waals surface area contributed by atoms with Crippen LogP contribution in [0, 0.1) is 0 Å². The van der Waals surface area contributed by atoms with Gasteiger partial charge in [-0.25, -0.2) is 8.42 Å². The molecule has 1 aromatic rings. The zero-order chi connectivity index (χ0) is 14.8. The predicted molar refractivity (Wildman–Crippen MR) is 78.3 cm³/mol. The molecule has 1 aliphatic carbocycles. The Kier molecular flexibility index (Phi) is 4.67. The molecule has 20 heavy (non-hydrogen) atoms. The molecule has 0 unspecified atom stereocenters. The van der Waals surface area contributed by atoms with E-state index in [9.17, 15) is 8.42 Å². The van der Waals surface area contributed by atoms with Crippen molar-refractivity contribution >= 4 is 10.0 Å². The van der Waals surface area contributed by atoms with E-state index in [1.165, 1.54) is 4.31 Å². The van der Waals surface area contributed by atoms with Crippen molar-refractivity contribution in [1.82, 2.24) is 4.31 Å². The highest BCUT2D eigenvalue weighted by Gasteiger charge is 2.32. The lowest BCUT2D eigenvalue weighted by atomic mass is 9.94. The Morgan fingerprint density at radius 2 is 2.10 bits per heavy atom. The molecular weight excluding hydrogens is 276 g/mol. The second kappa shape index (κ2) is 6.11. The van der Waals surface area contributed by atoms with Gasteiger partial charge in [-0.15, -0.1) is 0 Å². The van der Waals surface area contributed by atoms with Crippen LogP contribution in [0.2, 0.25) is 0 Å². The van der Waals surface area contributed by atoms with E-state index >= 15 is 0 Å². The maximum absolute atomic E-state index is 12.7. The average molecular weight is 298 g/mol. The summed E-state index contributed by atoms with van der Waals surface area (Å²) >= 11 is 0. The normalized spacial score (nSPS) is 16.2. The van der Waals surface area contributed by atoms with Crippen LogP contribution in [0.25, 0.3) is 0 Å².